The second-order valence-electron chi connectivity index (χ2n) is 3.53. The van der Waals surface area contributed by atoms with E-state index < -0.39 is 5.97 Å². The summed E-state index contributed by atoms with van der Waals surface area (Å²) in [6.45, 7) is 1.88. The molecule has 0 saturated carbocycles. The number of thioether (sulfide) groups is 1. The number of hydrogen-bond acceptors (Lipinski definition) is 5. The molecule has 7 heteroatoms. The van der Waals surface area contributed by atoms with Gasteiger partial charge in [-0.2, -0.15) is 0 Å². The zero-order valence-electron chi connectivity index (χ0n) is 9.47. The van der Waals surface area contributed by atoms with Gasteiger partial charge >= 0.3 is 5.97 Å². The van der Waals surface area contributed by atoms with Crippen molar-refractivity contribution in [3.05, 3.63) is 44.0 Å². The Morgan fingerprint density at radius 2 is 2.39 bits per heavy atom. The number of rotatable bonds is 4. The molecule has 0 atom stereocenters. The Kier molecular flexibility index (Phi) is 3.83. The average molecular weight is 282 g/mol. The van der Waals surface area contributed by atoms with Crippen molar-refractivity contribution >= 4 is 29.1 Å². The molecule has 0 fully saturated rings. The molecule has 0 aliphatic rings. The number of nitrogens with one attached hydrogen (secondary N) is 1. The van der Waals surface area contributed by atoms with Gasteiger partial charge in [0, 0.05) is 22.9 Å². The van der Waals surface area contributed by atoms with Gasteiger partial charge in [-0.05, 0) is 18.6 Å². The first kappa shape index (κ1) is 12.8. The summed E-state index contributed by atoms with van der Waals surface area (Å²) >= 11 is 2.63. The Morgan fingerprint density at radius 3 is 3.00 bits per heavy atom. The largest absolute Gasteiger partial charge is 0.477 e. The van der Waals surface area contributed by atoms with E-state index in [2.05, 4.69) is 9.97 Å². The molecule has 0 aromatic carbocycles. The summed E-state index contributed by atoms with van der Waals surface area (Å²) in [6.07, 6.45) is 1.45. The van der Waals surface area contributed by atoms with Crippen molar-refractivity contribution in [2.24, 2.45) is 0 Å². The predicted molar refractivity (Wildman–Crippen MR) is 70.4 cm³/mol. The van der Waals surface area contributed by atoms with Gasteiger partial charge in [0.15, 0.2) is 5.16 Å². The van der Waals surface area contributed by atoms with Gasteiger partial charge in [-0.1, -0.05) is 11.8 Å². The molecule has 0 aliphatic heterocycles. The van der Waals surface area contributed by atoms with Crippen LogP contribution in [0.3, 0.4) is 0 Å². The molecule has 2 heterocycles. The lowest BCUT2D eigenvalue weighted by atomic mass is 10.3. The smallest absolute Gasteiger partial charge is 0.345 e. The minimum absolute atomic E-state index is 0.194. The first-order valence-corrected chi connectivity index (χ1v) is 6.87. The van der Waals surface area contributed by atoms with Crippen molar-refractivity contribution in [2.45, 2.75) is 17.8 Å². The predicted octanol–water partition coefficient (Wildman–Crippen LogP) is 2.13. The number of carboxylic acid groups (broad SMARTS) is 1. The third-order valence-electron chi connectivity index (χ3n) is 2.24. The van der Waals surface area contributed by atoms with E-state index in [0.717, 1.165) is 10.4 Å². The Morgan fingerprint density at radius 1 is 1.61 bits per heavy atom. The molecule has 2 N–H and O–H groups in total. The number of aromatic amines is 1. The molecular weight excluding hydrogens is 272 g/mol. The van der Waals surface area contributed by atoms with E-state index in [4.69, 9.17) is 5.11 Å². The fourth-order valence-corrected chi connectivity index (χ4v) is 3.21. The molecule has 2 aromatic heterocycles. The summed E-state index contributed by atoms with van der Waals surface area (Å²) in [5, 5.41) is 9.42. The summed E-state index contributed by atoms with van der Waals surface area (Å²) in [4.78, 5) is 29.8. The van der Waals surface area contributed by atoms with E-state index >= 15 is 0 Å². The highest BCUT2D eigenvalue weighted by molar-refractivity contribution is 7.98. The van der Waals surface area contributed by atoms with Crippen LogP contribution in [0, 0.1) is 6.92 Å². The van der Waals surface area contributed by atoms with Crippen LogP contribution in [0.1, 0.15) is 20.1 Å². The Hall–Kier alpha value is -1.60. The van der Waals surface area contributed by atoms with Crippen molar-refractivity contribution in [2.75, 3.05) is 0 Å². The lowest BCUT2D eigenvalue weighted by Crippen LogP contribution is -2.05. The maximum Gasteiger partial charge on any atom is 0.345 e. The van der Waals surface area contributed by atoms with Crippen LogP contribution in [0.15, 0.2) is 28.3 Å². The number of thiophene rings is 1. The molecule has 2 rings (SSSR count). The van der Waals surface area contributed by atoms with E-state index in [-0.39, 0.29) is 5.56 Å². The van der Waals surface area contributed by atoms with E-state index in [1.807, 2.05) is 6.92 Å². The van der Waals surface area contributed by atoms with Crippen molar-refractivity contribution in [3.63, 3.8) is 0 Å². The highest BCUT2D eigenvalue weighted by Gasteiger charge is 2.11. The van der Waals surface area contributed by atoms with Gasteiger partial charge in [0.2, 0.25) is 0 Å². The van der Waals surface area contributed by atoms with Crippen LogP contribution >= 0.6 is 23.1 Å². The van der Waals surface area contributed by atoms with Gasteiger partial charge in [0.25, 0.3) is 5.56 Å². The first-order chi connectivity index (χ1) is 8.56. The molecule has 0 amide bonds. The van der Waals surface area contributed by atoms with E-state index in [1.165, 1.54) is 35.4 Å². The van der Waals surface area contributed by atoms with Gasteiger partial charge in [-0.25, -0.2) is 9.78 Å². The number of H-pyrrole nitrogens is 1. The van der Waals surface area contributed by atoms with Crippen molar-refractivity contribution in [1.29, 1.82) is 0 Å². The number of aromatic nitrogens is 2. The number of carbonyl (C=O) groups is 1. The van der Waals surface area contributed by atoms with Crippen molar-refractivity contribution < 1.29 is 9.90 Å². The molecule has 18 heavy (non-hydrogen) atoms. The minimum Gasteiger partial charge on any atom is -0.477 e. The standard InChI is InChI=1S/C11H10N2O3S2/c1-6-7(4-8(18-6)10(15)16)5-17-11-12-3-2-9(14)13-11/h2-4H,5H2,1H3,(H,15,16)(H,12,13,14). The van der Waals surface area contributed by atoms with Crippen LogP contribution < -0.4 is 5.56 Å². The lowest BCUT2D eigenvalue weighted by Gasteiger charge is -1.99. The van der Waals surface area contributed by atoms with Crippen LogP contribution in [0.25, 0.3) is 0 Å². The second kappa shape index (κ2) is 5.36. The third kappa shape index (κ3) is 2.99. The molecular formula is C11H10N2O3S2. The summed E-state index contributed by atoms with van der Waals surface area (Å²) < 4.78 is 0. The maximum atomic E-state index is 11.1. The summed E-state index contributed by atoms with van der Waals surface area (Å²) in [5.41, 5.74) is 0.759. The number of nitrogens with zero attached hydrogens (tertiary/aromatic N) is 1. The van der Waals surface area contributed by atoms with Gasteiger partial charge in [0.1, 0.15) is 4.88 Å². The number of aromatic carboxylic acids is 1. The van der Waals surface area contributed by atoms with Gasteiger partial charge in [-0.15, -0.1) is 11.3 Å². The molecule has 2 aromatic rings. The molecule has 0 radical (unpaired) electrons. The van der Waals surface area contributed by atoms with E-state index in [1.54, 1.807) is 6.07 Å². The minimum atomic E-state index is -0.911. The summed E-state index contributed by atoms with van der Waals surface area (Å²) in [5.74, 6) is -0.326. The lowest BCUT2D eigenvalue weighted by molar-refractivity contribution is 0.0702. The van der Waals surface area contributed by atoms with Crippen molar-refractivity contribution in [3.8, 4) is 0 Å². The highest BCUT2D eigenvalue weighted by Crippen LogP contribution is 2.27. The molecule has 0 unspecified atom stereocenters. The molecule has 0 aliphatic carbocycles. The Bertz CT molecular complexity index is 633. The second-order valence-corrected chi connectivity index (χ2v) is 5.75. The number of hydrogen-bond donors (Lipinski definition) is 2. The van der Waals surface area contributed by atoms with Crippen LogP contribution in [0.5, 0.6) is 0 Å². The van der Waals surface area contributed by atoms with Crippen LogP contribution in [-0.2, 0) is 5.75 Å². The third-order valence-corrected chi connectivity index (χ3v) is 4.26. The SMILES string of the molecule is Cc1sc(C(=O)O)cc1CSc1nccc(=O)[nH]1. The molecule has 94 valence electrons. The number of carboxylic acids is 1. The molecule has 0 bridgehead atoms. The zero-order chi connectivity index (χ0) is 13.1. The summed E-state index contributed by atoms with van der Waals surface area (Å²) in [7, 11) is 0. The first-order valence-electron chi connectivity index (χ1n) is 5.07. The quantitative estimate of drug-likeness (QED) is 0.663. The Balaban J connectivity index is 2.11. The molecule has 5 nitrogen and oxygen atoms in total. The zero-order valence-corrected chi connectivity index (χ0v) is 11.1. The summed E-state index contributed by atoms with van der Waals surface area (Å²) in [6, 6.07) is 3.01. The Labute approximate surface area is 111 Å². The van der Waals surface area contributed by atoms with Gasteiger partial charge in [0.05, 0.1) is 0 Å². The van der Waals surface area contributed by atoms with Crippen LogP contribution in [-0.4, -0.2) is 21.0 Å². The average Bonchev–Trinajstić information content (AvgIpc) is 2.68. The van der Waals surface area contributed by atoms with Crippen LogP contribution in [0.4, 0.5) is 0 Å². The monoisotopic (exact) mass is 282 g/mol. The topological polar surface area (TPSA) is 83.0 Å². The number of aryl methyl sites for hydroxylation is 1. The van der Waals surface area contributed by atoms with Crippen molar-refractivity contribution in [1.82, 2.24) is 9.97 Å². The van der Waals surface area contributed by atoms with E-state index in [0.29, 0.717) is 15.8 Å². The molecule has 0 saturated heterocycles. The van der Waals surface area contributed by atoms with E-state index in [9.17, 15) is 9.59 Å². The van der Waals surface area contributed by atoms with Crippen LogP contribution in [0.2, 0.25) is 0 Å². The van der Waals surface area contributed by atoms with Gasteiger partial charge < -0.3 is 10.1 Å². The maximum absolute atomic E-state index is 11.1. The normalized spacial score (nSPS) is 10.5. The van der Waals surface area contributed by atoms with Gasteiger partial charge in [-0.3, -0.25) is 4.79 Å². The fraction of sp³-hybridized carbons (Fsp3) is 0.182. The fourth-order valence-electron chi connectivity index (χ4n) is 1.34. The molecule has 0 spiro atoms. The highest BCUT2D eigenvalue weighted by atomic mass is 32.2.